The molecule has 2 aliphatic rings. The normalized spacial score (nSPS) is 43.9. The Morgan fingerprint density at radius 1 is 1.24 bits per heavy atom. The van der Waals surface area contributed by atoms with Crippen molar-refractivity contribution in [1.82, 2.24) is 5.32 Å². The van der Waals surface area contributed by atoms with Gasteiger partial charge in [0, 0.05) is 18.0 Å². The molecule has 5 unspecified atom stereocenters. The van der Waals surface area contributed by atoms with Gasteiger partial charge in [-0.15, -0.1) is 0 Å². The van der Waals surface area contributed by atoms with E-state index in [1.165, 1.54) is 6.42 Å². The summed E-state index contributed by atoms with van der Waals surface area (Å²) in [6.07, 6.45) is 3.14. The smallest absolute Gasteiger partial charge is 0.0624 e. The van der Waals surface area contributed by atoms with Gasteiger partial charge in [0.25, 0.3) is 0 Å². The van der Waals surface area contributed by atoms with Crippen LogP contribution < -0.4 is 5.32 Å². The molecule has 0 bridgehead atoms. The summed E-state index contributed by atoms with van der Waals surface area (Å²) in [4.78, 5) is 0. The first kappa shape index (κ1) is 13.3. The molecule has 17 heavy (non-hydrogen) atoms. The Hall–Kier alpha value is -0.120. The van der Waals surface area contributed by atoms with E-state index in [1.807, 2.05) is 0 Å². The minimum absolute atomic E-state index is 0.142. The Balaban J connectivity index is 1.96. The molecule has 0 radical (unpaired) electrons. The van der Waals surface area contributed by atoms with Gasteiger partial charge in [-0.3, -0.25) is 0 Å². The molecule has 2 N–H and O–H groups in total. The summed E-state index contributed by atoms with van der Waals surface area (Å²) < 4.78 is 5.62. The van der Waals surface area contributed by atoms with E-state index in [0.29, 0.717) is 18.0 Å². The molecule has 0 spiro atoms. The van der Waals surface area contributed by atoms with Crippen molar-refractivity contribution in [3.8, 4) is 0 Å². The van der Waals surface area contributed by atoms with Crippen LogP contribution in [0.1, 0.15) is 40.0 Å². The second-order valence-electron chi connectivity index (χ2n) is 6.26. The van der Waals surface area contributed by atoms with Crippen LogP contribution in [0.5, 0.6) is 0 Å². The summed E-state index contributed by atoms with van der Waals surface area (Å²) in [5.74, 6) is 1.87. The van der Waals surface area contributed by atoms with Crippen molar-refractivity contribution in [3.05, 3.63) is 0 Å². The zero-order chi connectivity index (χ0) is 12.4. The summed E-state index contributed by atoms with van der Waals surface area (Å²) >= 11 is 0. The largest absolute Gasteiger partial charge is 0.393 e. The van der Waals surface area contributed by atoms with Gasteiger partial charge in [-0.25, -0.2) is 0 Å². The van der Waals surface area contributed by atoms with Crippen LogP contribution >= 0.6 is 0 Å². The minimum atomic E-state index is -0.142. The van der Waals surface area contributed by atoms with Crippen LogP contribution in [0, 0.1) is 17.8 Å². The second-order valence-corrected chi connectivity index (χ2v) is 6.26. The van der Waals surface area contributed by atoms with Gasteiger partial charge in [-0.2, -0.15) is 0 Å². The van der Waals surface area contributed by atoms with Gasteiger partial charge < -0.3 is 15.2 Å². The zero-order valence-corrected chi connectivity index (χ0v) is 11.4. The Labute approximate surface area is 105 Å². The van der Waals surface area contributed by atoms with Gasteiger partial charge in [0.05, 0.1) is 19.3 Å². The molecule has 1 heterocycles. The molecule has 5 atom stereocenters. The highest BCUT2D eigenvalue weighted by Gasteiger charge is 2.37. The fourth-order valence-electron chi connectivity index (χ4n) is 3.34. The summed E-state index contributed by atoms with van der Waals surface area (Å²) in [5, 5.41) is 13.8. The van der Waals surface area contributed by atoms with Crippen LogP contribution in [-0.4, -0.2) is 36.5 Å². The Morgan fingerprint density at radius 3 is 2.65 bits per heavy atom. The third-order valence-electron chi connectivity index (χ3n) is 4.53. The third-order valence-corrected chi connectivity index (χ3v) is 4.53. The lowest BCUT2D eigenvalue weighted by atomic mass is 9.72. The molecule has 0 aromatic rings. The molecular formula is C14H27NO2. The maximum Gasteiger partial charge on any atom is 0.0624 e. The predicted molar refractivity (Wildman–Crippen MR) is 68.9 cm³/mol. The van der Waals surface area contributed by atoms with Crippen molar-refractivity contribution < 1.29 is 9.84 Å². The summed E-state index contributed by atoms with van der Waals surface area (Å²) in [6.45, 7) is 8.31. The van der Waals surface area contributed by atoms with Gasteiger partial charge in [0.1, 0.15) is 0 Å². The summed E-state index contributed by atoms with van der Waals surface area (Å²) in [5.41, 5.74) is 0. The van der Waals surface area contributed by atoms with Gasteiger partial charge in [-0.05, 0) is 38.0 Å². The highest BCUT2D eigenvalue weighted by molar-refractivity contribution is 4.91. The Bertz CT molecular complexity index is 244. The number of hydrogen-bond acceptors (Lipinski definition) is 3. The number of rotatable bonds is 2. The molecule has 2 rings (SSSR count). The van der Waals surface area contributed by atoms with E-state index in [9.17, 15) is 5.11 Å². The lowest BCUT2D eigenvalue weighted by Crippen LogP contribution is -2.55. The van der Waals surface area contributed by atoms with Crippen LogP contribution in [-0.2, 0) is 4.74 Å². The lowest BCUT2D eigenvalue weighted by molar-refractivity contribution is -0.0325. The first-order valence-corrected chi connectivity index (χ1v) is 7.09. The van der Waals surface area contributed by atoms with Crippen LogP contribution in [0.15, 0.2) is 0 Å². The van der Waals surface area contributed by atoms with E-state index < -0.39 is 0 Å². The summed E-state index contributed by atoms with van der Waals surface area (Å²) in [6, 6.07) is 0.760. The molecule has 0 aromatic heterocycles. The van der Waals surface area contributed by atoms with Gasteiger partial charge in [0.15, 0.2) is 0 Å². The number of morpholine rings is 1. The second kappa shape index (κ2) is 5.68. The molecule has 0 aromatic carbocycles. The fraction of sp³-hybridized carbons (Fsp3) is 1.00. The topological polar surface area (TPSA) is 41.5 Å². The number of aliphatic hydroxyl groups is 1. The fourth-order valence-corrected chi connectivity index (χ4v) is 3.34. The quantitative estimate of drug-likeness (QED) is 0.774. The maximum atomic E-state index is 10.2. The van der Waals surface area contributed by atoms with Crippen LogP contribution in [0.2, 0.25) is 0 Å². The van der Waals surface area contributed by atoms with Crippen LogP contribution in [0.25, 0.3) is 0 Å². The van der Waals surface area contributed by atoms with Crippen LogP contribution in [0.4, 0.5) is 0 Å². The van der Waals surface area contributed by atoms with E-state index in [1.54, 1.807) is 0 Å². The average Bonchev–Trinajstić information content (AvgIpc) is 2.29. The monoisotopic (exact) mass is 241 g/mol. The number of ether oxygens (including phenoxy) is 1. The van der Waals surface area contributed by atoms with E-state index >= 15 is 0 Å². The summed E-state index contributed by atoms with van der Waals surface area (Å²) in [7, 11) is 0. The van der Waals surface area contributed by atoms with Crippen molar-refractivity contribution in [2.75, 3.05) is 13.2 Å². The van der Waals surface area contributed by atoms with E-state index in [4.69, 9.17) is 4.74 Å². The molecule has 2 fully saturated rings. The number of aliphatic hydroxyl groups excluding tert-OH is 1. The molecule has 1 aliphatic carbocycles. The van der Waals surface area contributed by atoms with Crippen LogP contribution in [0.3, 0.4) is 0 Å². The number of nitrogens with one attached hydrogen (secondary N) is 1. The molecule has 100 valence electrons. The predicted octanol–water partition coefficient (Wildman–Crippen LogP) is 1.80. The van der Waals surface area contributed by atoms with E-state index in [0.717, 1.165) is 37.9 Å². The standard InChI is InChI=1S/C14H27NO2/c1-9(2)11-4-5-14(16)12(6-11)13-8-17-7-10(3)15-13/h9-16H,4-8H2,1-3H3. The minimum Gasteiger partial charge on any atom is -0.393 e. The van der Waals surface area contributed by atoms with Gasteiger partial charge in [0.2, 0.25) is 0 Å². The molecule has 0 amide bonds. The Kier molecular flexibility index (Phi) is 4.45. The van der Waals surface area contributed by atoms with Gasteiger partial charge in [-0.1, -0.05) is 13.8 Å². The molecule has 1 saturated carbocycles. The van der Waals surface area contributed by atoms with Crippen molar-refractivity contribution in [1.29, 1.82) is 0 Å². The molecule has 1 aliphatic heterocycles. The van der Waals surface area contributed by atoms with E-state index in [2.05, 4.69) is 26.1 Å². The maximum absolute atomic E-state index is 10.2. The highest BCUT2D eigenvalue weighted by Crippen LogP contribution is 2.36. The zero-order valence-electron chi connectivity index (χ0n) is 11.4. The average molecular weight is 241 g/mol. The SMILES string of the molecule is CC1COCC(C2CC(C(C)C)CCC2O)N1. The molecule has 3 heteroatoms. The first-order valence-electron chi connectivity index (χ1n) is 7.09. The lowest BCUT2D eigenvalue weighted by Gasteiger charge is -2.42. The van der Waals surface area contributed by atoms with Crippen molar-refractivity contribution in [2.45, 2.75) is 58.2 Å². The van der Waals surface area contributed by atoms with Gasteiger partial charge >= 0.3 is 0 Å². The number of hydrogen-bond donors (Lipinski definition) is 2. The first-order chi connectivity index (χ1) is 8.08. The molecule has 3 nitrogen and oxygen atoms in total. The van der Waals surface area contributed by atoms with Crippen molar-refractivity contribution in [2.24, 2.45) is 17.8 Å². The Morgan fingerprint density at radius 2 is 2.00 bits per heavy atom. The van der Waals surface area contributed by atoms with Crippen molar-refractivity contribution >= 4 is 0 Å². The van der Waals surface area contributed by atoms with Crippen molar-refractivity contribution in [3.63, 3.8) is 0 Å². The molecular weight excluding hydrogens is 214 g/mol. The van der Waals surface area contributed by atoms with E-state index in [-0.39, 0.29) is 6.10 Å². The third kappa shape index (κ3) is 3.21. The molecule has 1 saturated heterocycles. The highest BCUT2D eigenvalue weighted by atomic mass is 16.5.